The molecule has 0 atom stereocenters. The maximum absolute atomic E-state index is 11.2. The Labute approximate surface area is 107 Å². The topological polar surface area (TPSA) is 66.2 Å². The summed E-state index contributed by atoms with van der Waals surface area (Å²) < 4.78 is 4.86. The number of aromatic nitrogens is 1. The van der Waals surface area contributed by atoms with E-state index >= 15 is 0 Å². The summed E-state index contributed by atoms with van der Waals surface area (Å²) in [4.78, 5) is 17.2. The maximum atomic E-state index is 11.2. The number of ether oxygens (including phenoxy) is 1. The lowest BCUT2D eigenvalue weighted by molar-refractivity contribution is -0.143. The van der Waals surface area contributed by atoms with Gasteiger partial charge in [-0.15, -0.1) is 0 Å². The van der Waals surface area contributed by atoms with Crippen LogP contribution in [0.25, 0.3) is 0 Å². The van der Waals surface area contributed by atoms with Gasteiger partial charge in [0.2, 0.25) is 0 Å². The zero-order chi connectivity index (χ0) is 13.4. The molecule has 1 rings (SSSR count). The summed E-state index contributed by atoms with van der Waals surface area (Å²) >= 11 is 0. The van der Waals surface area contributed by atoms with E-state index < -0.39 is 0 Å². The number of pyridine rings is 1. The van der Waals surface area contributed by atoms with Crippen LogP contribution in [0, 0.1) is 11.3 Å². The third-order valence-corrected chi connectivity index (χ3v) is 2.44. The van der Waals surface area contributed by atoms with Gasteiger partial charge in [0.1, 0.15) is 11.8 Å². The molecule has 0 radical (unpaired) electrons. The van der Waals surface area contributed by atoms with Gasteiger partial charge in [-0.05, 0) is 20.0 Å². The van der Waals surface area contributed by atoms with Crippen molar-refractivity contribution in [1.29, 1.82) is 5.26 Å². The number of hydrogen-bond donors (Lipinski definition) is 0. The number of rotatable bonds is 6. The van der Waals surface area contributed by atoms with Crippen molar-refractivity contribution < 1.29 is 9.53 Å². The van der Waals surface area contributed by atoms with Crippen LogP contribution in [0.4, 0.5) is 0 Å². The highest BCUT2D eigenvalue weighted by atomic mass is 16.5. The molecule has 0 spiro atoms. The average Bonchev–Trinajstić information content (AvgIpc) is 2.37. The van der Waals surface area contributed by atoms with Crippen molar-refractivity contribution >= 4 is 5.97 Å². The van der Waals surface area contributed by atoms with Crippen LogP contribution in [0.15, 0.2) is 18.3 Å². The molecule has 96 valence electrons. The van der Waals surface area contributed by atoms with Gasteiger partial charge in [-0.3, -0.25) is 4.79 Å². The first-order valence-electron chi connectivity index (χ1n) is 5.85. The van der Waals surface area contributed by atoms with E-state index in [1.165, 1.54) is 0 Å². The first kappa shape index (κ1) is 14.1. The summed E-state index contributed by atoms with van der Waals surface area (Å²) in [7, 11) is 1.90. The highest BCUT2D eigenvalue weighted by Gasteiger charge is 2.08. The smallest absolute Gasteiger partial charge is 0.307 e. The Bertz CT molecular complexity index is 440. The fourth-order valence-corrected chi connectivity index (χ4v) is 1.55. The Hall–Kier alpha value is -1.93. The van der Waals surface area contributed by atoms with Gasteiger partial charge in [0.15, 0.2) is 0 Å². The molecule has 1 aromatic rings. The molecule has 0 fully saturated rings. The van der Waals surface area contributed by atoms with Gasteiger partial charge in [-0.1, -0.05) is 6.07 Å². The minimum Gasteiger partial charge on any atom is -0.466 e. The molecule has 0 aliphatic rings. The molecule has 1 heterocycles. The van der Waals surface area contributed by atoms with Crippen LogP contribution in [-0.2, 0) is 16.1 Å². The molecular weight excluding hydrogens is 230 g/mol. The van der Waals surface area contributed by atoms with E-state index in [1.807, 2.05) is 18.0 Å². The first-order chi connectivity index (χ1) is 8.67. The first-order valence-corrected chi connectivity index (χ1v) is 5.85. The quantitative estimate of drug-likeness (QED) is 0.710. The molecule has 5 heteroatoms. The molecule has 0 aliphatic carbocycles. The molecule has 0 bridgehead atoms. The van der Waals surface area contributed by atoms with Gasteiger partial charge in [0.05, 0.1) is 13.0 Å². The van der Waals surface area contributed by atoms with Crippen LogP contribution in [0.3, 0.4) is 0 Å². The van der Waals surface area contributed by atoms with Crippen LogP contribution in [0.5, 0.6) is 0 Å². The van der Waals surface area contributed by atoms with Crippen LogP contribution < -0.4 is 0 Å². The van der Waals surface area contributed by atoms with Gasteiger partial charge in [0, 0.05) is 24.8 Å². The third-order valence-electron chi connectivity index (χ3n) is 2.44. The summed E-state index contributed by atoms with van der Waals surface area (Å²) in [6.07, 6.45) is 1.95. The average molecular weight is 247 g/mol. The van der Waals surface area contributed by atoms with E-state index in [-0.39, 0.29) is 5.97 Å². The summed E-state index contributed by atoms with van der Waals surface area (Å²) in [5.41, 5.74) is 1.30. The summed E-state index contributed by atoms with van der Waals surface area (Å²) in [5.74, 6) is -0.198. The van der Waals surface area contributed by atoms with Gasteiger partial charge in [0.25, 0.3) is 0 Å². The Balaban J connectivity index is 2.47. The van der Waals surface area contributed by atoms with Crippen LogP contribution in [0.2, 0.25) is 0 Å². The Morgan fingerprint density at radius 3 is 3.06 bits per heavy atom. The summed E-state index contributed by atoms with van der Waals surface area (Å²) in [5, 5.41) is 8.91. The van der Waals surface area contributed by atoms with E-state index in [2.05, 4.69) is 11.1 Å². The minimum atomic E-state index is -0.198. The van der Waals surface area contributed by atoms with Crippen molar-refractivity contribution in [2.24, 2.45) is 0 Å². The van der Waals surface area contributed by atoms with Crippen LogP contribution >= 0.6 is 0 Å². The van der Waals surface area contributed by atoms with E-state index in [1.54, 1.807) is 19.2 Å². The molecule has 0 saturated heterocycles. The van der Waals surface area contributed by atoms with Gasteiger partial charge in [-0.25, -0.2) is 4.98 Å². The van der Waals surface area contributed by atoms with E-state index in [0.29, 0.717) is 31.8 Å². The number of hydrogen-bond acceptors (Lipinski definition) is 5. The fourth-order valence-electron chi connectivity index (χ4n) is 1.55. The Morgan fingerprint density at radius 1 is 1.61 bits per heavy atom. The standard InChI is InChI=1S/C13H17N3O2/c1-3-18-13(17)6-8-16(2)10-11-5-4-7-15-12(11)9-14/h4-5,7H,3,6,8,10H2,1-2H3. The predicted octanol–water partition coefficient (Wildman–Crippen LogP) is 1.34. The number of nitriles is 1. The molecule has 0 aromatic carbocycles. The molecule has 5 nitrogen and oxygen atoms in total. The second kappa shape index (κ2) is 7.41. The molecule has 0 saturated carbocycles. The van der Waals surface area contributed by atoms with Crippen molar-refractivity contribution in [3.8, 4) is 6.07 Å². The third kappa shape index (κ3) is 4.52. The lowest BCUT2D eigenvalue weighted by Gasteiger charge is -2.16. The second-order valence-corrected chi connectivity index (χ2v) is 3.92. The lowest BCUT2D eigenvalue weighted by Crippen LogP contribution is -2.22. The molecule has 0 unspecified atom stereocenters. The van der Waals surface area contributed by atoms with Crippen molar-refractivity contribution in [1.82, 2.24) is 9.88 Å². The predicted molar refractivity (Wildman–Crippen MR) is 66.5 cm³/mol. The molecule has 0 amide bonds. The zero-order valence-corrected chi connectivity index (χ0v) is 10.7. The Kier molecular flexibility index (Phi) is 5.81. The van der Waals surface area contributed by atoms with Crippen LogP contribution in [0.1, 0.15) is 24.6 Å². The molecule has 0 N–H and O–H groups in total. The van der Waals surface area contributed by atoms with Crippen LogP contribution in [-0.4, -0.2) is 36.1 Å². The maximum Gasteiger partial charge on any atom is 0.307 e. The zero-order valence-electron chi connectivity index (χ0n) is 10.7. The molecule has 18 heavy (non-hydrogen) atoms. The van der Waals surface area contributed by atoms with Crippen molar-refractivity contribution in [2.75, 3.05) is 20.2 Å². The van der Waals surface area contributed by atoms with E-state index in [9.17, 15) is 4.79 Å². The van der Waals surface area contributed by atoms with Crippen molar-refractivity contribution in [3.63, 3.8) is 0 Å². The molecule has 1 aromatic heterocycles. The fraction of sp³-hybridized carbons (Fsp3) is 0.462. The highest BCUT2D eigenvalue weighted by molar-refractivity contribution is 5.69. The lowest BCUT2D eigenvalue weighted by atomic mass is 10.2. The number of carbonyl (C=O) groups is 1. The Morgan fingerprint density at radius 2 is 2.39 bits per heavy atom. The minimum absolute atomic E-state index is 0.198. The highest BCUT2D eigenvalue weighted by Crippen LogP contribution is 2.07. The summed E-state index contributed by atoms with van der Waals surface area (Å²) in [6, 6.07) is 5.73. The van der Waals surface area contributed by atoms with Gasteiger partial charge in [-0.2, -0.15) is 5.26 Å². The van der Waals surface area contributed by atoms with E-state index in [0.717, 1.165) is 5.56 Å². The van der Waals surface area contributed by atoms with Gasteiger partial charge >= 0.3 is 5.97 Å². The molecular formula is C13H17N3O2. The number of carbonyl (C=O) groups excluding carboxylic acids is 1. The number of esters is 1. The molecule has 0 aliphatic heterocycles. The second-order valence-electron chi connectivity index (χ2n) is 3.92. The van der Waals surface area contributed by atoms with Gasteiger partial charge < -0.3 is 9.64 Å². The van der Waals surface area contributed by atoms with Crippen molar-refractivity contribution in [3.05, 3.63) is 29.6 Å². The summed E-state index contributed by atoms with van der Waals surface area (Å²) in [6.45, 7) is 3.38. The normalized spacial score (nSPS) is 10.1. The van der Waals surface area contributed by atoms with E-state index in [4.69, 9.17) is 10.00 Å². The SMILES string of the molecule is CCOC(=O)CCN(C)Cc1cccnc1C#N. The van der Waals surface area contributed by atoms with Crippen molar-refractivity contribution in [2.45, 2.75) is 19.9 Å². The number of nitrogens with zero attached hydrogens (tertiary/aromatic N) is 3. The largest absolute Gasteiger partial charge is 0.466 e. The monoisotopic (exact) mass is 247 g/mol.